The van der Waals surface area contributed by atoms with E-state index in [1.54, 1.807) is 11.3 Å². The van der Waals surface area contributed by atoms with Crippen LogP contribution in [0.2, 0.25) is 0 Å². The standard InChI is InChI=1S/C51H32N4S/c1-51(2)43-16-4-7-19-46(43)54(47-20-8-5-17-44(47)51)38-14-10-13-33(26-38)48-36(29-52)24-34(25-37(48)30-53)31-11-9-12-32(23-31)35-27-41-39-15-3-6-18-45(39)55-49(41)42(28-35)40-21-22-56-50(40)55/h3-28H,1-2H3. The molecule has 0 spiro atoms. The number of nitriles is 2. The molecule has 7 aromatic carbocycles. The number of para-hydroxylation sites is 3. The maximum atomic E-state index is 10.7. The summed E-state index contributed by atoms with van der Waals surface area (Å²) in [6.45, 7) is 4.56. The van der Waals surface area contributed by atoms with Gasteiger partial charge in [0, 0.05) is 38.2 Å². The molecule has 10 aromatic rings. The van der Waals surface area contributed by atoms with Crippen LogP contribution >= 0.6 is 11.3 Å². The van der Waals surface area contributed by atoms with Crippen LogP contribution in [0.3, 0.4) is 0 Å². The predicted octanol–water partition coefficient (Wildman–Crippen LogP) is 13.8. The average molecular weight is 733 g/mol. The molecule has 4 nitrogen and oxygen atoms in total. The highest BCUT2D eigenvalue weighted by Crippen LogP contribution is 2.52. The molecule has 3 aromatic heterocycles. The quantitative estimate of drug-likeness (QED) is 0.181. The number of fused-ring (bicyclic) bond motifs is 8. The first-order valence-electron chi connectivity index (χ1n) is 18.8. The van der Waals surface area contributed by atoms with Crippen LogP contribution < -0.4 is 4.90 Å². The van der Waals surface area contributed by atoms with E-state index in [9.17, 15) is 10.5 Å². The van der Waals surface area contributed by atoms with E-state index in [-0.39, 0.29) is 5.41 Å². The van der Waals surface area contributed by atoms with Gasteiger partial charge in [-0.05, 0) is 111 Å². The largest absolute Gasteiger partial charge is 0.310 e. The van der Waals surface area contributed by atoms with Crippen LogP contribution in [-0.2, 0) is 5.41 Å². The van der Waals surface area contributed by atoms with Crippen molar-refractivity contribution in [2.24, 2.45) is 0 Å². The summed E-state index contributed by atoms with van der Waals surface area (Å²) >= 11 is 1.78. The fraction of sp³-hybridized carbons (Fsp3) is 0.0588. The van der Waals surface area contributed by atoms with E-state index in [4.69, 9.17) is 0 Å². The van der Waals surface area contributed by atoms with Gasteiger partial charge in [0.25, 0.3) is 0 Å². The van der Waals surface area contributed by atoms with Crippen LogP contribution in [0.4, 0.5) is 17.1 Å². The molecule has 11 rings (SSSR count). The van der Waals surface area contributed by atoms with Crippen molar-refractivity contribution in [3.63, 3.8) is 0 Å². The second-order valence-corrected chi connectivity index (χ2v) is 16.1. The summed E-state index contributed by atoms with van der Waals surface area (Å²) in [4.78, 5) is 3.57. The first-order valence-corrected chi connectivity index (χ1v) is 19.7. The monoisotopic (exact) mass is 732 g/mol. The minimum atomic E-state index is -0.172. The third-order valence-corrected chi connectivity index (χ3v) is 12.7. The number of hydrogen-bond acceptors (Lipinski definition) is 4. The van der Waals surface area contributed by atoms with Gasteiger partial charge in [-0.25, -0.2) is 0 Å². The Morgan fingerprint density at radius 1 is 0.518 bits per heavy atom. The Kier molecular flexibility index (Phi) is 6.86. The summed E-state index contributed by atoms with van der Waals surface area (Å²) in [6.07, 6.45) is 0. The van der Waals surface area contributed by atoms with Crippen molar-refractivity contribution in [2.45, 2.75) is 19.3 Å². The lowest BCUT2D eigenvalue weighted by atomic mass is 9.73. The van der Waals surface area contributed by atoms with Crippen molar-refractivity contribution in [1.29, 1.82) is 10.5 Å². The molecule has 0 radical (unpaired) electrons. The third kappa shape index (κ3) is 4.50. The number of hydrogen-bond donors (Lipinski definition) is 0. The number of rotatable bonds is 4. The van der Waals surface area contributed by atoms with Gasteiger partial charge < -0.3 is 4.90 Å². The van der Waals surface area contributed by atoms with Gasteiger partial charge in [-0.1, -0.05) is 98.8 Å². The molecule has 0 unspecified atom stereocenters. The Bertz CT molecular complexity index is 3240. The zero-order valence-electron chi connectivity index (χ0n) is 30.7. The van der Waals surface area contributed by atoms with E-state index in [0.717, 1.165) is 44.9 Å². The van der Waals surface area contributed by atoms with E-state index < -0.39 is 0 Å². The minimum absolute atomic E-state index is 0.172. The van der Waals surface area contributed by atoms with Crippen LogP contribution in [0.25, 0.3) is 70.8 Å². The normalized spacial score (nSPS) is 13.2. The fourth-order valence-corrected chi connectivity index (χ4v) is 10.2. The van der Waals surface area contributed by atoms with Gasteiger partial charge in [-0.3, -0.25) is 4.40 Å². The molecular weight excluding hydrogens is 701 g/mol. The summed E-state index contributed by atoms with van der Waals surface area (Å²) in [6, 6.07) is 58.1. The molecule has 0 atom stereocenters. The number of aromatic nitrogens is 1. The molecule has 0 aliphatic carbocycles. The Balaban J connectivity index is 1.03. The molecule has 1 aliphatic heterocycles. The third-order valence-electron chi connectivity index (χ3n) is 11.8. The van der Waals surface area contributed by atoms with Crippen molar-refractivity contribution in [1.82, 2.24) is 4.40 Å². The van der Waals surface area contributed by atoms with E-state index >= 15 is 0 Å². The van der Waals surface area contributed by atoms with Crippen molar-refractivity contribution in [3.05, 3.63) is 179 Å². The number of thiophene rings is 1. The molecular formula is C51H32N4S. The second kappa shape index (κ2) is 11.9. The van der Waals surface area contributed by atoms with Gasteiger partial charge in [-0.15, -0.1) is 11.3 Å². The zero-order chi connectivity index (χ0) is 37.7. The molecule has 4 heterocycles. The van der Waals surface area contributed by atoms with Gasteiger partial charge in [0.05, 0.1) is 45.7 Å². The van der Waals surface area contributed by atoms with Crippen LogP contribution in [0.15, 0.2) is 157 Å². The first-order chi connectivity index (χ1) is 27.4. The maximum Gasteiger partial charge on any atom is 0.108 e. The maximum absolute atomic E-state index is 10.7. The van der Waals surface area contributed by atoms with Gasteiger partial charge in [0.2, 0.25) is 0 Å². The van der Waals surface area contributed by atoms with Crippen molar-refractivity contribution < 1.29 is 0 Å². The SMILES string of the molecule is CC1(C)c2ccccc2N(c2cccc(-c3c(C#N)cc(-c4cccc(-c5cc6c7ccccc7n7c8sccc8c(c5)c67)c4)cc3C#N)c2)c2ccccc21. The topological polar surface area (TPSA) is 55.2 Å². The average Bonchev–Trinajstić information content (AvgIpc) is 3.94. The van der Waals surface area contributed by atoms with Gasteiger partial charge in [0.15, 0.2) is 0 Å². The van der Waals surface area contributed by atoms with Crippen LogP contribution in [0.5, 0.6) is 0 Å². The molecule has 0 bridgehead atoms. The first kappa shape index (κ1) is 32.3. The van der Waals surface area contributed by atoms with Gasteiger partial charge >= 0.3 is 0 Å². The second-order valence-electron chi connectivity index (χ2n) is 15.2. The molecule has 262 valence electrons. The Labute approximate surface area is 328 Å². The fourth-order valence-electron chi connectivity index (χ4n) is 9.28. The lowest BCUT2D eigenvalue weighted by molar-refractivity contribution is 0.632. The van der Waals surface area contributed by atoms with Crippen molar-refractivity contribution in [3.8, 4) is 45.5 Å². The Morgan fingerprint density at radius 3 is 1.80 bits per heavy atom. The summed E-state index contributed by atoms with van der Waals surface area (Å²) in [5.41, 5.74) is 14.5. The molecule has 0 fully saturated rings. The van der Waals surface area contributed by atoms with Crippen LogP contribution in [-0.4, -0.2) is 4.40 Å². The molecule has 5 heteroatoms. The summed E-state index contributed by atoms with van der Waals surface area (Å²) in [7, 11) is 0. The predicted molar refractivity (Wildman–Crippen MR) is 232 cm³/mol. The molecule has 0 N–H and O–H groups in total. The molecule has 1 aliphatic rings. The number of benzene rings is 7. The van der Waals surface area contributed by atoms with E-state index in [0.29, 0.717) is 16.7 Å². The lowest BCUT2D eigenvalue weighted by Crippen LogP contribution is -2.30. The van der Waals surface area contributed by atoms with E-state index in [1.165, 1.54) is 48.5 Å². The number of nitrogens with zero attached hydrogens (tertiary/aromatic N) is 4. The molecule has 0 amide bonds. The molecule has 56 heavy (non-hydrogen) atoms. The van der Waals surface area contributed by atoms with Gasteiger partial charge in [-0.2, -0.15) is 10.5 Å². The minimum Gasteiger partial charge on any atom is -0.310 e. The van der Waals surface area contributed by atoms with Crippen molar-refractivity contribution in [2.75, 3.05) is 4.90 Å². The van der Waals surface area contributed by atoms with Crippen molar-refractivity contribution >= 4 is 65.8 Å². The molecule has 0 saturated carbocycles. The summed E-state index contributed by atoms with van der Waals surface area (Å²) in [5, 5.41) is 28.5. The highest BCUT2D eigenvalue weighted by Gasteiger charge is 2.36. The van der Waals surface area contributed by atoms with Gasteiger partial charge in [0.1, 0.15) is 4.83 Å². The Hall–Kier alpha value is -7.18. The summed E-state index contributed by atoms with van der Waals surface area (Å²) in [5.74, 6) is 0. The van der Waals surface area contributed by atoms with Crippen LogP contribution in [0, 0.1) is 22.7 Å². The lowest BCUT2D eigenvalue weighted by Gasteiger charge is -2.42. The number of anilines is 3. The highest BCUT2D eigenvalue weighted by molar-refractivity contribution is 7.17. The smallest absolute Gasteiger partial charge is 0.108 e. The highest BCUT2D eigenvalue weighted by atomic mass is 32.1. The molecule has 0 saturated heterocycles. The van der Waals surface area contributed by atoms with Crippen LogP contribution in [0.1, 0.15) is 36.1 Å². The Morgan fingerprint density at radius 2 is 1.11 bits per heavy atom. The summed E-state index contributed by atoms with van der Waals surface area (Å²) < 4.78 is 2.41. The van der Waals surface area contributed by atoms with E-state index in [2.05, 4.69) is 168 Å². The van der Waals surface area contributed by atoms with E-state index in [1.807, 2.05) is 24.3 Å². The zero-order valence-corrected chi connectivity index (χ0v) is 31.5.